The number of rotatable bonds is 6. The lowest BCUT2D eigenvalue weighted by atomic mass is 10.2. The van der Waals surface area contributed by atoms with Gasteiger partial charge in [-0.15, -0.1) is 0 Å². The number of aromatic nitrogens is 2. The molecule has 0 saturated carbocycles. The summed E-state index contributed by atoms with van der Waals surface area (Å²) in [6.07, 6.45) is 3.15. The van der Waals surface area contributed by atoms with Crippen LogP contribution in [0.3, 0.4) is 0 Å². The summed E-state index contributed by atoms with van der Waals surface area (Å²) in [6.45, 7) is 1.66. The van der Waals surface area contributed by atoms with E-state index in [1.54, 1.807) is 13.0 Å². The van der Waals surface area contributed by atoms with E-state index in [1.807, 2.05) is 30.3 Å². The van der Waals surface area contributed by atoms with Crippen molar-refractivity contribution < 1.29 is 14.5 Å². The van der Waals surface area contributed by atoms with Crippen LogP contribution in [0.5, 0.6) is 0 Å². The minimum Gasteiger partial charge on any atom is -0.462 e. The Bertz CT molecular complexity index is 692. The second kappa shape index (κ2) is 7.16. The van der Waals surface area contributed by atoms with Gasteiger partial charge in [-0.3, -0.25) is 0 Å². The maximum Gasteiger partial charge on any atom is 0.344 e. The van der Waals surface area contributed by atoms with Crippen molar-refractivity contribution in [3.8, 4) is 0 Å². The van der Waals surface area contributed by atoms with Crippen LogP contribution in [0, 0.1) is 17.0 Å². The molecule has 7 heteroatoms. The summed E-state index contributed by atoms with van der Waals surface area (Å²) in [5.74, 6) is -0.204. The molecule has 0 aliphatic rings. The molecule has 0 amide bonds. The molecule has 0 radical (unpaired) electrons. The smallest absolute Gasteiger partial charge is 0.344 e. The third-order valence-electron chi connectivity index (χ3n) is 2.85. The van der Waals surface area contributed by atoms with Crippen molar-refractivity contribution in [1.82, 2.24) is 9.97 Å². The van der Waals surface area contributed by atoms with Crippen LogP contribution in [-0.4, -0.2) is 27.5 Å². The summed E-state index contributed by atoms with van der Waals surface area (Å²) in [7, 11) is 0. The molecule has 0 bridgehead atoms. The molecule has 1 aromatic heterocycles. The van der Waals surface area contributed by atoms with Gasteiger partial charge in [-0.25, -0.2) is 14.8 Å². The fourth-order valence-electron chi connectivity index (χ4n) is 1.88. The molecule has 114 valence electrons. The number of H-pyrrole nitrogens is 1. The minimum atomic E-state index is -0.535. The number of nitrogens with zero attached hydrogens (tertiary/aromatic N) is 2. The quantitative estimate of drug-likeness (QED) is 0.382. The van der Waals surface area contributed by atoms with Crippen LogP contribution in [-0.2, 0) is 16.0 Å². The number of nitrogens with one attached hydrogen (secondary N) is 1. The van der Waals surface area contributed by atoms with E-state index in [9.17, 15) is 14.9 Å². The Balaban J connectivity index is 1.85. The maximum absolute atomic E-state index is 11.6. The molecule has 7 nitrogen and oxygen atoms in total. The van der Waals surface area contributed by atoms with Crippen LogP contribution < -0.4 is 0 Å². The predicted octanol–water partition coefficient (Wildman–Crippen LogP) is 2.43. The zero-order valence-electron chi connectivity index (χ0n) is 12.0. The number of aromatic amines is 1. The number of carbonyl (C=O) groups is 1. The lowest BCUT2D eigenvalue weighted by Crippen LogP contribution is -2.06. The maximum atomic E-state index is 11.6. The Morgan fingerprint density at radius 2 is 2.14 bits per heavy atom. The van der Waals surface area contributed by atoms with E-state index in [0.717, 1.165) is 5.56 Å². The summed E-state index contributed by atoms with van der Waals surface area (Å²) in [6, 6.07) is 9.34. The summed E-state index contributed by atoms with van der Waals surface area (Å²) >= 11 is 0. The van der Waals surface area contributed by atoms with Crippen LogP contribution in [0.1, 0.15) is 17.1 Å². The molecule has 2 aromatic rings. The second-order valence-corrected chi connectivity index (χ2v) is 4.54. The Kier molecular flexibility index (Phi) is 5.02. The van der Waals surface area contributed by atoms with Crippen LogP contribution >= 0.6 is 0 Å². The first-order chi connectivity index (χ1) is 10.6. The van der Waals surface area contributed by atoms with Gasteiger partial charge in [-0.2, -0.15) is 0 Å². The van der Waals surface area contributed by atoms with Crippen molar-refractivity contribution in [2.24, 2.45) is 0 Å². The molecule has 0 aliphatic carbocycles. The monoisotopic (exact) mass is 301 g/mol. The third-order valence-corrected chi connectivity index (χ3v) is 2.85. The Morgan fingerprint density at radius 3 is 2.82 bits per heavy atom. The largest absolute Gasteiger partial charge is 0.462 e. The van der Waals surface area contributed by atoms with Gasteiger partial charge in [-0.1, -0.05) is 30.3 Å². The first-order valence-corrected chi connectivity index (χ1v) is 6.66. The first-order valence-electron chi connectivity index (χ1n) is 6.66. The highest BCUT2D eigenvalue weighted by Gasteiger charge is 2.17. The number of imidazole rings is 1. The molecule has 0 atom stereocenters. The van der Waals surface area contributed by atoms with Crippen LogP contribution in [0.15, 0.2) is 36.4 Å². The van der Waals surface area contributed by atoms with E-state index in [2.05, 4.69) is 9.97 Å². The van der Waals surface area contributed by atoms with E-state index in [0.29, 0.717) is 5.82 Å². The van der Waals surface area contributed by atoms with Gasteiger partial charge >= 0.3 is 11.8 Å². The Morgan fingerprint density at radius 1 is 1.41 bits per heavy atom. The Hall–Kier alpha value is -2.96. The van der Waals surface area contributed by atoms with Gasteiger partial charge in [0, 0.05) is 19.4 Å². The molecule has 2 rings (SSSR count). The van der Waals surface area contributed by atoms with E-state index in [1.165, 1.54) is 6.08 Å². The number of hydrogen-bond acceptors (Lipinski definition) is 5. The van der Waals surface area contributed by atoms with Crippen molar-refractivity contribution >= 4 is 17.9 Å². The number of nitro groups is 1. The summed E-state index contributed by atoms with van der Waals surface area (Å²) in [5.41, 5.74) is 1.17. The van der Waals surface area contributed by atoms with E-state index >= 15 is 0 Å². The van der Waals surface area contributed by atoms with Crippen LogP contribution in [0.25, 0.3) is 6.08 Å². The van der Waals surface area contributed by atoms with Crippen LogP contribution in [0.4, 0.5) is 5.82 Å². The average Bonchev–Trinajstić information content (AvgIpc) is 2.87. The molecule has 0 fully saturated rings. The topological polar surface area (TPSA) is 98.1 Å². The zero-order chi connectivity index (χ0) is 15.9. The highest BCUT2D eigenvalue weighted by atomic mass is 16.6. The number of aryl methyl sites for hydroxylation is 1. The predicted molar refractivity (Wildman–Crippen MR) is 80.1 cm³/mol. The van der Waals surface area contributed by atoms with Gasteiger partial charge in [0.15, 0.2) is 5.82 Å². The van der Waals surface area contributed by atoms with E-state index < -0.39 is 10.9 Å². The summed E-state index contributed by atoms with van der Waals surface area (Å²) < 4.78 is 5.01. The standard InChI is InChI=1S/C15H15N3O4/c1-11-16-13(15(17-11)18(20)21)9-10-22-14(19)8-7-12-5-3-2-4-6-12/h2-8H,9-10H2,1H3,(H,16,17)/b8-7+. The van der Waals surface area contributed by atoms with Gasteiger partial charge in [0.05, 0.1) is 6.61 Å². The van der Waals surface area contributed by atoms with Gasteiger partial charge in [-0.05, 0) is 16.6 Å². The number of esters is 1. The summed E-state index contributed by atoms with van der Waals surface area (Å²) in [4.78, 5) is 28.4. The van der Waals surface area contributed by atoms with Crippen molar-refractivity contribution in [2.75, 3.05) is 6.61 Å². The first kappa shape index (κ1) is 15.4. The molecular weight excluding hydrogens is 286 g/mol. The number of ether oxygens (including phenoxy) is 1. The number of carbonyl (C=O) groups excluding carboxylic acids is 1. The van der Waals surface area contributed by atoms with Crippen molar-refractivity contribution in [1.29, 1.82) is 0 Å². The third kappa shape index (κ3) is 4.27. The SMILES string of the molecule is Cc1nc(CCOC(=O)/C=C/c2ccccc2)c([N+](=O)[O-])[nH]1. The van der Waals surface area contributed by atoms with Gasteiger partial charge < -0.3 is 14.9 Å². The highest BCUT2D eigenvalue weighted by molar-refractivity contribution is 5.87. The van der Waals surface area contributed by atoms with Crippen molar-refractivity contribution in [3.63, 3.8) is 0 Å². The lowest BCUT2D eigenvalue weighted by Gasteiger charge is -2.00. The Labute approximate surface area is 126 Å². The molecule has 0 saturated heterocycles. The fraction of sp³-hybridized carbons (Fsp3) is 0.200. The minimum absolute atomic E-state index is 0.0308. The molecule has 0 unspecified atom stereocenters. The number of benzene rings is 1. The van der Waals surface area contributed by atoms with Crippen LogP contribution in [0.2, 0.25) is 0 Å². The molecule has 22 heavy (non-hydrogen) atoms. The molecule has 1 aromatic carbocycles. The molecule has 0 aliphatic heterocycles. The second-order valence-electron chi connectivity index (χ2n) is 4.54. The van der Waals surface area contributed by atoms with E-state index in [4.69, 9.17) is 4.74 Å². The van der Waals surface area contributed by atoms with Gasteiger partial charge in [0.25, 0.3) is 0 Å². The van der Waals surface area contributed by atoms with Gasteiger partial charge in [0.1, 0.15) is 5.69 Å². The van der Waals surface area contributed by atoms with E-state index in [-0.39, 0.29) is 24.5 Å². The van der Waals surface area contributed by atoms with Crippen molar-refractivity contribution in [2.45, 2.75) is 13.3 Å². The fourth-order valence-corrected chi connectivity index (χ4v) is 1.88. The van der Waals surface area contributed by atoms with Gasteiger partial charge in [0.2, 0.25) is 0 Å². The average molecular weight is 301 g/mol. The normalized spacial score (nSPS) is 10.8. The highest BCUT2D eigenvalue weighted by Crippen LogP contribution is 2.15. The molecule has 0 spiro atoms. The van der Waals surface area contributed by atoms with Crippen molar-refractivity contribution in [3.05, 3.63) is 63.6 Å². The number of hydrogen-bond donors (Lipinski definition) is 1. The molecular formula is C15H15N3O4. The lowest BCUT2D eigenvalue weighted by molar-refractivity contribution is -0.390. The molecule has 1 N–H and O–H groups in total. The molecule has 1 heterocycles. The zero-order valence-corrected chi connectivity index (χ0v) is 12.0. The summed E-state index contributed by atoms with van der Waals surface area (Å²) in [5, 5.41) is 10.8.